The number of carbonyl (C=O) groups excluding carboxylic acids is 1. The van der Waals surface area contributed by atoms with Gasteiger partial charge in [-0.05, 0) is 56.1 Å². The van der Waals surface area contributed by atoms with E-state index in [2.05, 4.69) is 20.5 Å². The van der Waals surface area contributed by atoms with Crippen molar-refractivity contribution in [3.8, 4) is 22.1 Å². The first-order valence-corrected chi connectivity index (χ1v) is 13.2. The number of nitrogens with zero attached hydrogens (tertiary/aromatic N) is 4. The van der Waals surface area contributed by atoms with Crippen molar-refractivity contribution in [1.82, 2.24) is 15.2 Å². The Balaban J connectivity index is 1.56. The van der Waals surface area contributed by atoms with E-state index in [-0.39, 0.29) is 34.6 Å². The SMILES string of the molecule is NCC[C@H]1CCCN1c1c(NC(=O)c2csc(-c3ccnnc3)n2)ccc(Oc2ccccc2)c1C(F)(F)F. The number of hydrogen-bond donors (Lipinski definition) is 2. The van der Waals surface area contributed by atoms with Crippen LogP contribution in [0.3, 0.4) is 0 Å². The van der Waals surface area contributed by atoms with Crippen LogP contribution in [0.15, 0.2) is 66.3 Å². The molecule has 2 aromatic heterocycles. The normalized spacial score (nSPS) is 15.4. The van der Waals surface area contributed by atoms with Gasteiger partial charge in [0.1, 0.15) is 27.8 Å². The van der Waals surface area contributed by atoms with E-state index in [1.807, 2.05) is 0 Å². The van der Waals surface area contributed by atoms with E-state index >= 15 is 0 Å². The maximum atomic E-state index is 14.7. The first kappa shape index (κ1) is 26.6. The number of para-hydroxylation sites is 1. The Hall–Kier alpha value is -4.03. The zero-order valence-electron chi connectivity index (χ0n) is 20.7. The van der Waals surface area contributed by atoms with Crippen molar-refractivity contribution in [1.29, 1.82) is 0 Å². The Labute approximate surface area is 226 Å². The Morgan fingerprint density at radius 3 is 2.69 bits per heavy atom. The molecule has 0 bridgehead atoms. The van der Waals surface area contributed by atoms with Crippen molar-refractivity contribution in [3.63, 3.8) is 0 Å². The quantitative estimate of drug-likeness (QED) is 0.276. The maximum absolute atomic E-state index is 14.7. The van der Waals surface area contributed by atoms with Gasteiger partial charge in [0.05, 0.1) is 23.8 Å². The third-order valence-corrected chi connectivity index (χ3v) is 7.27. The molecule has 0 saturated carbocycles. The number of benzene rings is 2. The van der Waals surface area contributed by atoms with Crippen molar-refractivity contribution in [2.45, 2.75) is 31.5 Å². The lowest BCUT2D eigenvalue weighted by molar-refractivity contribution is -0.138. The van der Waals surface area contributed by atoms with Gasteiger partial charge in [-0.2, -0.15) is 23.4 Å². The van der Waals surface area contributed by atoms with Crippen LogP contribution in [0.1, 0.15) is 35.3 Å². The highest BCUT2D eigenvalue weighted by atomic mass is 32.1. The lowest BCUT2D eigenvalue weighted by atomic mass is 10.0. The highest BCUT2D eigenvalue weighted by Gasteiger charge is 2.42. The zero-order valence-corrected chi connectivity index (χ0v) is 21.5. The summed E-state index contributed by atoms with van der Waals surface area (Å²) in [7, 11) is 0. The van der Waals surface area contributed by atoms with E-state index in [0.29, 0.717) is 42.9 Å². The molecule has 0 unspecified atom stereocenters. The first-order valence-electron chi connectivity index (χ1n) is 12.3. The predicted octanol–water partition coefficient (Wildman–Crippen LogP) is 5.98. The number of hydrogen-bond acceptors (Lipinski definition) is 8. The van der Waals surface area contributed by atoms with E-state index in [9.17, 15) is 18.0 Å². The number of nitrogens with one attached hydrogen (secondary N) is 1. The van der Waals surface area contributed by atoms with Gasteiger partial charge in [0.15, 0.2) is 0 Å². The summed E-state index contributed by atoms with van der Waals surface area (Å²) < 4.78 is 50.0. The Bertz CT molecular complexity index is 1430. The fraction of sp³-hybridized carbons (Fsp3) is 0.259. The molecule has 2 aromatic carbocycles. The molecule has 12 heteroatoms. The number of amides is 1. The highest BCUT2D eigenvalue weighted by Crippen LogP contribution is 2.49. The van der Waals surface area contributed by atoms with E-state index in [0.717, 1.165) is 0 Å². The van der Waals surface area contributed by atoms with Gasteiger partial charge in [-0.1, -0.05) is 18.2 Å². The topological polar surface area (TPSA) is 106 Å². The lowest BCUT2D eigenvalue weighted by Gasteiger charge is -2.32. The molecule has 0 radical (unpaired) electrons. The molecule has 1 aliphatic heterocycles. The number of carbonyl (C=O) groups is 1. The monoisotopic (exact) mass is 554 g/mol. The molecule has 8 nitrogen and oxygen atoms in total. The molecule has 3 N–H and O–H groups in total. The van der Waals surface area contributed by atoms with E-state index in [1.165, 1.54) is 35.9 Å². The average Bonchev–Trinajstić information content (AvgIpc) is 3.60. The number of alkyl halides is 3. The Morgan fingerprint density at radius 1 is 1.15 bits per heavy atom. The summed E-state index contributed by atoms with van der Waals surface area (Å²) in [6.45, 7) is 0.719. The van der Waals surface area contributed by atoms with E-state index in [1.54, 1.807) is 46.7 Å². The summed E-state index contributed by atoms with van der Waals surface area (Å²) >= 11 is 1.23. The van der Waals surface area contributed by atoms with Crippen LogP contribution in [0, 0.1) is 0 Å². The molecule has 39 heavy (non-hydrogen) atoms. The molecule has 0 spiro atoms. The summed E-state index contributed by atoms with van der Waals surface area (Å²) in [5, 5.41) is 12.3. The number of halogens is 3. The summed E-state index contributed by atoms with van der Waals surface area (Å²) in [5.41, 5.74) is 5.49. The van der Waals surface area contributed by atoms with Crippen LogP contribution >= 0.6 is 11.3 Å². The Morgan fingerprint density at radius 2 is 1.97 bits per heavy atom. The van der Waals surface area contributed by atoms with Crippen molar-refractivity contribution < 1.29 is 22.7 Å². The second kappa shape index (κ2) is 11.4. The molecule has 0 aliphatic carbocycles. The minimum atomic E-state index is -4.77. The highest BCUT2D eigenvalue weighted by molar-refractivity contribution is 7.13. The first-order chi connectivity index (χ1) is 18.8. The van der Waals surface area contributed by atoms with Gasteiger partial charge in [0.2, 0.25) is 0 Å². The van der Waals surface area contributed by atoms with Crippen molar-refractivity contribution in [2.75, 3.05) is 23.3 Å². The zero-order chi connectivity index (χ0) is 27.4. The molecule has 1 atom stereocenters. The molecule has 1 saturated heterocycles. The second-order valence-corrected chi connectivity index (χ2v) is 9.80. The predicted molar refractivity (Wildman–Crippen MR) is 143 cm³/mol. The fourth-order valence-electron chi connectivity index (χ4n) is 4.68. The van der Waals surface area contributed by atoms with Gasteiger partial charge in [0.25, 0.3) is 5.91 Å². The number of rotatable bonds is 8. The maximum Gasteiger partial charge on any atom is 0.422 e. The largest absolute Gasteiger partial charge is 0.457 e. The Kier molecular flexibility index (Phi) is 7.75. The van der Waals surface area contributed by atoms with Crippen LogP contribution in [0.25, 0.3) is 10.6 Å². The fourth-order valence-corrected chi connectivity index (χ4v) is 5.47. The molecule has 5 rings (SSSR count). The van der Waals surface area contributed by atoms with Crippen molar-refractivity contribution in [2.24, 2.45) is 5.73 Å². The summed E-state index contributed by atoms with van der Waals surface area (Å²) in [6.07, 6.45) is 0.177. The summed E-state index contributed by atoms with van der Waals surface area (Å²) in [5.74, 6) is -0.701. The number of aromatic nitrogens is 3. The van der Waals surface area contributed by atoms with E-state index < -0.39 is 17.6 Å². The van der Waals surface area contributed by atoms with Gasteiger partial charge in [0, 0.05) is 23.5 Å². The molecule has 202 valence electrons. The van der Waals surface area contributed by atoms with Crippen molar-refractivity contribution >= 4 is 28.6 Å². The van der Waals surface area contributed by atoms with Crippen LogP contribution in [0.5, 0.6) is 11.5 Å². The lowest BCUT2D eigenvalue weighted by Crippen LogP contribution is -2.34. The molecule has 3 heterocycles. The van der Waals surface area contributed by atoms with Crippen LogP contribution in [-0.4, -0.2) is 40.2 Å². The second-order valence-electron chi connectivity index (χ2n) is 8.94. The number of nitrogens with two attached hydrogens (primary N) is 1. The number of thiazole rings is 1. The standard InChI is InChI=1S/C27H25F3N6O2S/c28-27(29,30)23-22(38-19-6-2-1-3-7-19)9-8-20(24(23)36-14-4-5-18(36)10-12-31)34-25(37)21-16-39-26(35-21)17-11-13-32-33-15-17/h1-3,6-9,11,13,15-16,18H,4-5,10,12,14,31H2,(H,34,37)/t18-/m1/s1. The minimum Gasteiger partial charge on any atom is -0.457 e. The van der Waals surface area contributed by atoms with Crippen molar-refractivity contribution in [3.05, 3.63) is 77.6 Å². The molecule has 1 aliphatic rings. The van der Waals surface area contributed by atoms with E-state index in [4.69, 9.17) is 10.5 Å². The van der Waals surface area contributed by atoms with Crippen LogP contribution < -0.4 is 20.7 Å². The molecular formula is C27H25F3N6O2S. The van der Waals surface area contributed by atoms with Gasteiger partial charge in [-0.15, -0.1) is 11.3 Å². The van der Waals surface area contributed by atoms with Gasteiger partial charge in [-0.3, -0.25) is 4.79 Å². The molecular weight excluding hydrogens is 529 g/mol. The smallest absolute Gasteiger partial charge is 0.422 e. The minimum absolute atomic E-state index is 0.0248. The third-order valence-electron chi connectivity index (χ3n) is 6.37. The summed E-state index contributed by atoms with van der Waals surface area (Å²) in [6, 6.07) is 12.5. The number of anilines is 2. The van der Waals surface area contributed by atoms with Gasteiger partial charge >= 0.3 is 6.18 Å². The summed E-state index contributed by atoms with van der Waals surface area (Å²) in [4.78, 5) is 19.3. The molecule has 4 aromatic rings. The molecule has 1 fully saturated rings. The third kappa shape index (κ3) is 5.86. The average molecular weight is 555 g/mol. The van der Waals surface area contributed by atoms with Crippen LogP contribution in [-0.2, 0) is 6.18 Å². The van der Waals surface area contributed by atoms with Crippen LogP contribution in [0.4, 0.5) is 24.5 Å². The van der Waals surface area contributed by atoms with Gasteiger partial charge < -0.3 is 20.7 Å². The van der Waals surface area contributed by atoms with Crippen LogP contribution in [0.2, 0.25) is 0 Å². The van der Waals surface area contributed by atoms with Gasteiger partial charge in [-0.25, -0.2) is 4.98 Å². The number of ether oxygens (including phenoxy) is 1. The molecule has 1 amide bonds.